The van der Waals surface area contributed by atoms with Crippen molar-refractivity contribution in [2.45, 2.75) is 31.6 Å². The Morgan fingerprint density at radius 1 is 1.11 bits per heavy atom. The predicted molar refractivity (Wildman–Crippen MR) is 103 cm³/mol. The molecule has 0 N–H and O–H groups in total. The summed E-state index contributed by atoms with van der Waals surface area (Å²) in [6, 6.07) is 15.1. The Bertz CT molecular complexity index is 796. The van der Waals surface area contributed by atoms with Gasteiger partial charge in [-0.25, -0.2) is 4.39 Å². The highest BCUT2D eigenvalue weighted by atomic mass is 19.1. The summed E-state index contributed by atoms with van der Waals surface area (Å²) in [5.74, 6) is 1.56. The number of hydrogen-bond acceptors (Lipinski definition) is 2. The van der Waals surface area contributed by atoms with Crippen LogP contribution in [0.1, 0.15) is 36.3 Å². The zero-order chi connectivity index (χ0) is 18.8. The molecule has 0 radical (unpaired) electrons. The summed E-state index contributed by atoms with van der Waals surface area (Å²) in [6.45, 7) is 1.64. The third-order valence-corrected chi connectivity index (χ3v) is 6.02. The Hall–Kier alpha value is -2.36. The van der Waals surface area contributed by atoms with E-state index in [9.17, 15) is 9.18 Å². The molecule has 1 saturated heterocycles. The van der Waals surface area contributed by atoms with E-state index in [1.165, 1.54) is 11.6 Å². The lowest BCUT2D eigenvalue weighted by molar-refractivity contribution is -0.134. The molecule has 2 unspecified atom stereocenters. The number of ether oxygens (including phenoxy) is 1. The summed E-state index contributed by atoms with van der Waals surface area (Å²) in [4.78, 5) is 14.8. The number of benzene rings is 2. The number of carbonyl (C=O) groups excluding carboxylic acids is 1. The quantitative estimate of drug-likeness (QED) is 0.783. The van der Waals surface area contributed by atoms with E-state index in [-0.39, 0.29) is 23.6 Å². The molecule has 4 heteroatoms. The van der Waals surface area contributed by atoms with Gasteiger partial charge in [0.05, 0.1) is 7.11 Å². The number of amides is 1. The number of hydrogen-bond donors (Lipinski definition) is 0. The van der Waals surface area contributed by atoms with Gasteiger partial charge < -0.3 is 9.64 Å². The molecule has 1 saturated carbocycles. The second-order valence-electron chi connectivity index (χ2n) is 7.79. The Labute approximate surface area is 160 Å². The smallest absolute Gasteiger partial charge is 0.226 e. The van der Waals surface area contributed by atoms with E-state index in [0.29, 0.717) is 11.5 Å². The molecule has 1 aliphatic heterocycles. The lowest BCUT2D eigenvalue weighted by atomic mass is 9.90. The molecule has 1 amide bonds. The van der Waals surface area contributed by atoms with Crippen molar-refractivity contribution in [3.05, 3.63) is 65.5 Å². The van der Waals surface area contributed by atoms with Gasteiger partial charge in [-0.1, -0.05) is 30.3 Å². The lowest BCUT2D eigenvalue weighted by Crippen LogP contribution is -2.40. The number of nitrogens with zero attached hydrogens (tertiary/aromatic N) is 1. The van der Waals surface area contributed by atoms with Gasteiger partial charge in [0.25, 0.3) is 0 Å². The van der Waals surface area contributed by atoms with Crippen molar-refractivity contribution in [2.24, 2.45) is 11.8 Å². The predicted octanol–water partition coefficient (Wildman–Crippen LogP) is 4.42. The largest absolute Gasteiger partial charge is 0.497 e. The van der Waals surface area contributed by atoms with Gasteiger partial charge >= 0.3 is 0 Å². The average molecular weight is 367 g/mol. The van der Waals surface area contributed by atoms with Crippen molar-refractivity contribution in [3.63, 3.8) is 0 Å². The van der Waals surface area contributed by atoms with Crippen LogP contribution < -0.4 is 4.74 Å². The summed E-state index contributed by atoms with van der Waals surface area (Å²) < 4.78 is 19.1. The van der Waals surface area contributed by atoms with Crippen LogP contribution in [0.5, 0.6) is 5.75 Å². The summed E-state index contributed by atoms with van der Waals surface area (Å²) in [6.07, 6.45) is 3.91. The highest BCUT2D eigenvalue weighted by molar-refractivity contribution is 5.83. The maximum absolute atomic E-state index is 13.9. The Kier molecular flexibility index (Phi) is 5.15. The first kappa shape index (κ1) is 18.0. The van der Waals surface area contributed by atoms with Gasteiger partial charge in [-0.05, 0) is 66.8 Å². The van der Waals surface area contributed by atoms with Gasteiger partial charge in [-0.2, -0.15) is 0 Å². The molecule has 2 atom stereocenters. The van der Waals surface area contributed by atoms with Gasteiger partial charge in [0.1, 0.15) is 11.6 Å². The van der Waals surface area contributed by atoms with Crippen LogP contribution in [0.3, 0.4) is 0 Å². The molecule has 3 nitrogen and oxygen atoms in total. The third kappa shape index (κ3) is 4.00. The van der Waals surface area contributed by atoms with Crippen LogP contribution in [-0.4, -0.2) is 31.0 Å². The van der Waals surface area contributed by atoms with E-state index in [1.807, 2.05) is 29.2 Å². The Morgan fingerprint density at radius 3 is 2.48 bits per heavy atom. The minimum Gasteiger partial charge on any atom is -0.497 e. The monoisotopic (exact) mass is 367 g/mol. The minimum atomic E-state index is -0.184. The van der Waals surface area contributed by atoms with E-state index in [4.69, 9.17) is 4.74 Å². The Balaban J connectivity index is 1.28. The van der Waals surface area contributed by atoms with Gasteiger partial charge in [-0.15, -0.1) is 0 Å². The topological polar surface area (TPSA) is 29.5 Å². The van der Waals surface area contributed by atoms with Gasteiger partial charge in [0.15, 0.2) is 0 Å². The molecule has 2 aliphatic rings. The third-order valence-electron chi connectivity index (χ3n) is 6.02. The molecule has 2 aromatic carbocycles. The number of carbonyl (C=O) groups is 1. The van der Waals surface area contributed by atoms with Crippen LogP contribution >= 0.6 is 0 Å². The lowest BCUT2D eigenvalue weighted by Gasteiger charge is -2.32. The second-order valence-corrected chi connectivity index (χ2v) is 7.79. The van der Waals surface area contributed by atoms with E-state index < -0.39 is 0 Å². The van der Waals surface area contributed by atoms with Crippen LogP contribution in [0, 0.1) is 17.7 Å². The van der Waals surface area contributed by atoms with E-state index in [0.717, 1.165) is 44.5 Å². The first-order valence-electron chi connectivity index (χ1n) is 9.82. The van der Waals surface area contributed by atoms with E-state index in [1.54, 1.807) is 13.2 Å². The molecule has 0 bridgehead atoms. The number of methoxy groups -OCH3 is 1. The molecule has 1 heterocycles. The molecule has 2 fully saturated rings. The van der Waals surface area contributed by atoms with Crippen molar-refractivity contribution >= 4 is 5.91 Å². The summed E-state index contributed by atoms with van der Waals surface area (Å²) in [5.41, 5.74) is 2.02. The van der Waals surface area contributed by atoms with E-state index >= 15 is 0 Å². The molecular weight excluding hydrogens is 341 g/mol. The molecule has 1 aliphatic carbocycles. The average Bonchev–Trinajstić information content (AvgIpc) is 3.49. The molecule has 142 valence electrons. The summed E-state index contributed by atoms with van der Waals surface area (Å²) in [5, 5.41) is 0. The highest BCUT2D eigenvalue weighted by Gasteiger charge is 2.47. The molecule has 0 spiro atoms. The van der Waals surface area contributed by atoms with Gasteiger partial charge in [0.2, 0.25) is 5.91 Å². The first-order valence-corrected chi connectivity index (χ1v) is 9.82. The number of rotatable bonds is 5. The standard InChI is InChI=1S/C23H26FNO2/c1-27-18-8-6-16(7-9-18)14-17-10-12-25(13-11-17)23(26)21-15-20(21)19-4-2-3-5-22(19)24/h2-9,17,20-21H,10-15H2,1H3. The molecule has 27 heavy (non-hydrogen) atoms. The normalized spacial score (nSPS) is 22.5. The molecular formula is C23H26FNO2. The van der Waals surface area contributed by atoms with Gasteiger partial charge in [0, 0.05) is 19.0 Å². The van der Waals surface area contributed by atoms with Gasteiger partial charge in [-0.3, -0.25) is 4.79 Å². The molecule has 0 aromatic heterocycles. The minimum absolute atomic E-state index is 0.0277. The molecule has 2 aromatic rings. The number of halogens is 1. The SMILES string of the molecule is COc1ccc(CC2CCN(C(=O)C3CC3c3ccccc3F)CC2)cc1. The van der Waals surface area contributed by atoms with E-state index in [2.05, 4.69) is 12.1 Å². The fourth-order valence-corrected chi connectivity index (χ4v) is 4.27. The fraction of sp³-hybridized carbons (Fsp3) is 0.435. The van der Waals surface area contributed by atoms with Crippen molar-refractivity contribution in [2.75, 3.05) is 20.2 Å². The highest BCUT2D eigenvalue weighted by Crippen LogP contribution is 2.49. The molecule has 4 rings (SSSR count). The maximum atomic E-state index is 13.9. The van der Waals surface area contributed by atoms with Crippen LogP contribution in [0.2, 0.25) is 0 Å². The zero-order valence-electron chi connectivity index (χ0n) is 15.7. The number of piperidine rings is 1. The van der Waals surface area contributed by atoms with Crippen LogP contribution in [0.4, 0.5) is 4.39 Å². The van der Waals surface area contributed by atoms with Crippen LogP contribution in [0.15, 0.2) is 48.5 Å². The Morgan fingerprint density at radius 2 is 1.81 bits per heavy atom. The van der Waals surface area contributed by atoms with Crippen molar-refractivity contribution in [3.8, 4) is 5.75 Å². The van der Waals surface area contributed by atoms with Crippen LogP contribution in [-0.2, 0) is 11.2 Å². The van der Waals surface area contributed by atoms with Crippen molar-refractivity contribution < 1.29 is 13.9 Å². The first-order chi connectivity index (χ1) is 13.2. The van der Waals surface area contributed by atoms with Crippen molar-refractivity contribution in [1.29, 1.82) is 0 Å². The summed E-state index contributed by atoms with van der Waals surface area (Å²) >= 11 is 0. The zero-order valence-corrected chi connectivity index (χ0v) is 15.7. The second kappa shape index (κ2) is 7.71. The fourth-order valence-electron chi connectivity index (χ4n) is 4.27. The van der Waals surface area contributed by atoms with Crippen LogP contribution in [0.25, 0.3) is 0 Å². The maximum Gasteiger partial charge on any atom is 0.226 e. The summed E-state index contributed by atoms with van der Waals surface area (Å²) in [7, 11) is 1.68. The van der Waals surface area contributed by atoms with Crippen molar-refractivity contribution in [1.82, 2.24) is 4.90 Å². The number of likely N-dealkylation sites (tertiary alicyclic amines) is 1.